The lowest BCUT2D eigenvalue weighted by Crippen LogP contribution is -2.76. The normalized spacial score (nSPS) is 18.7. The average Bonchev–Trinajstić information content (AvgIpc) is 2.97. The van der Waals surface area contributed by atoms with E-state index in [0.29, 0.717) is 18.5 Å². The fraction of sp³-hybridized carbons (Fsp3) is 0.344. The van der Waals surface area contributed by atoms with E-state index in [4.69, 9.17) is 0 Å². The fourth-order valence-corrected chi connectivity index (χ4v) is 5.55. The van der Waals surface area contributed by atoms with Gasteiger partial charge in [-0.2, -0.15) is 0 Å². The number of carbonyl (C=O) groups is 3. The second-order valence-electron chi connectivity index (χ2n) is 10.5. The van der Waals surface area contributed by atoms with Gasteiger partial charge in [-0.05, 0) is 35.7 Å². The van der Waals surface area contributed by atoms with Crippen molar-refractivity contribution in [3.63, 3.8) is 0 Å². The van der Waals surface area contributed by atoms with Crippen molar-refractivity contribution < 1.29 is 28.3 Å². The van der Waals surface area contributed by atoms with Crippen molar-refractivity contribution in [3.8, 4) is 5.75 Å². The molecule has 3 aromatic carbocycles. The maximum Gasteiger partial charge on any atom is 0.334 e. The van der Waals surface area contributed by atoms with Crippen LogP contribution >= 0.6 is 0 Å². The molecule has 2 fully saturated rings. The van der Waals surface area contributed by atoms with Gasteiger partial charge < -0.3 is 20.2 Å². The van der Waals surface area contributed by atoms with Crippen LogP contribution in [-0.4, -0.2) is 74.6 Å². The number of hydrogen-bond acceptors (Lipinski definition) is 5. The Kier molecular flexibility index (Phi) is 9.97. The first-order chi connectivity index (χ1) is 20.2. The van der Waals surface area contributed by atoms with Gasteiger partial charge in [-0.25, -0.2) is 23.6 Å². The number of carbonyl (C=O) groups excluding carboxylic acids is 3. The molecule has 3 aromatic rings. The minimum Gasteiger partial charge on any atom is -0.508 e. The molecular formula is C32H37F2N5O4. The maximum atomic E-state index is 14.7. The first-order valence-electron chi connectivity index (χ1n) is 13.9. The summed E-state index contributed by atoms with van der Waals surface area (Å²) in [4.78, 5) is 44.2. The number of nitrogens with zero attached hydrogens (tertiary/aromatic N) is 4. The van der Waals surface area contributed by atoms with E-state index in [-0.39, 0.29) is 57.2 Å². The summed E-state index contributed by atoms with van der Waals surface area (Å²) in [5, 5.41) is 15.9. The molecule has 4 amide bonds. The molecule has 0 bridgehead atoms. The van der Waals surface area contributed by atoms with Crippen LogP contribution in [0, 0.1) is 11.6 Å². The number of hydrazine groups is 1. The molecule has 2 heterocycles. The molecule has 5 rings (SSSR count). The van der Waals surface area contributed by atoms with E-state index in [0.717, 1.165) is 17.7 Å². The van der Waals surface area contributed by atoms with Gasteiger partial charge in [0.25, 0.3) is 0 Å². The molecule has 2 atom stereocenters. The van der Waals surface area contributed by atoms with Gasteiger partial charge in [-0.1, -0.05) is 62.9 Å². The van der Waals surface area contributed by atoms with E-state index < -0.39 is 35.8 Å². The van der Waals surface area contributed by atoms with Gasteiger partial charge in [0.1, 0.15) is 29.6 Å². The number of phenols is 1. The topological polar surface area (TPSA) is 96.4 Å². The van der Waals surface area contributed by atoms with Gasteiger partial charge in [-0.15, -0.1) is 0 Å². The number of fused-ring (bicyclic) bond motifs is 1. The summed E-state index contributed by atoms with van der Waals surface area (Å²) in [6, 6.07) is 17.5. The standard InChI is InChI=1S/C31H33F2N5O4.CH4/c1-2-14-36-20-29(40)37-27(15-21-8-12-25(39)13-9-21)30(41)35(18-23-10-11-24(32)16-26(23)33)19-28(37)38(36)31(42)34-17-22-6-4-3-5-7-22;/h3-13,16,27-28,39H,2,14-15,17-20H2,1H3,(H,34,42);1H4/t27-,28-;/m0./s1. The van der Waals surface area contributed by atoms with Crippen molar-refractivity contribution in [1.29, 1.82) is 0 Å². The lowest BCUT2D eigenvalue weighted by molar-refractivity contribution is -0.191. The predicted octanol–water partition coefficient (Wildman–Crippen LogP) is 4.27. The molecule has 11 heteroatoms. The Bertz CT molecular complexity index is 1440. The first kappa shape index (κ1) is 31.4. The Balaban J connectivity index is 0.00000423. The highest BCUT2D eigenvalue weighted by atomic mass is 19.1. The van der Waals surface area contributed by atoms with Crippen molar-refractivity contribution in [3.05, 3.63) is 101 Å². The van der Waals surface area contributed by atoms with Gasteiger partial charge in [0.05, 0.1) is 13.1 Å². The number of hydrogen-bond donors (Lipinski definition) is 2. The third kappa shape index (κ3) is 6.94. The van der Waals surface area contributed by atoms with Crippen LogP contribution in [0.25, 0.3) is 0 Å². The van der Waals surface area contributed by atoms with E-state index >= 15 is 0 Å². The Morgan fingerprint density at radius 1 is 1.00 bits per heavy atom. The van der Waals surface area contributed by atoms with Crippen LogP contribution in [-0.2, 0) is 29.1 Å². The summed E-state index contributed by atoms with van der Waals surface area (Å²) in [6.07, 6.45) is -0.0725. The van der Waals surface area contributed by atoms with Gasteiger partial charge in [0.15, 0.2) is 0 Å². The van der Waals surface area contributed by atoms with E-state index in [9.17, 15) is 28.3 Å². The lowest BCUT2D eigenvalue weighted by atomic mass is 9.98. The second kappa shape index (κ2) is 13.6. The molecule has 0 aromatic heterocycles. The SMILES string of the molecule is C.CCCN1CC(=O)N2[C@@H](Cc3ccc(O)cc3)C(=O)N(Cc3ccc(F)cc3F)C[C@@H]2N1C(=O)NCc1ccccc1. The third-order valence-electron chi connectivity index (χ3n) is 7.55. The summed E-state index contributed by atoms with van der Waals surface area (Å²) in [6.45, 7) is 2.32. The van der Waals surface area contributed by atoms with Crippen molar-refractivity contribution in [2.24, 2.45) is 0 Å². The van der Waals surface area contributed by atoms with Crippen LogP contribution in [0.2, 0.25) is 0 Å². The summed E-state index contributed by atoms with van der Waals surface area (Å²) in [5.74, 6) is -2.17. The highest BCUT2D eigenvalue weighted by Crippen LogP contribution is 2.30. The van der Waals surface area contributed by atoms with Crippen LogP contribution in [0.15, 0.2) is 72.8 Å². The Morgan fingerprint density at radius 2 is 1.72 bits per heavy atom. The summed E-state index contributed by atoms with van der Waals surface area (Å²) in [5.41, 5.74) is 1.72. The van der Waals surface area contributed by atoms with E-state index in [2.05, 4.69) is 5.32 Å². The number of phenolic OH excluding ortho intramolecular Hbond substituents is 1. The van der Waals surface area contributed by atoms with Gasteiger partial charge in [0, 0.05) is 37.7 Å². The molecule has 2 aliphatic rings. The van der Waals surface area contributed by atoms with Crippen LogP contribution in [0.1, 0.15) is 37.5 Å². The zero-order valence-corrected chi connectivity index (χ0v) is 23.2. The molecule has 228 valence electrons. The number of urea groups is 1. The molecule has 0 spiro atoms. The van der Waals surface area contributed by atoms with Crippen molar-refractivity contribution in [2.45, 2.75) is 52.5 Å². The Morgan fingerprint density at radius 3 is 2.40 bits per heavy atom. The smallest absolute Gasteiger partial charge is 0.334 e. The highest BCUT2D eigenvalue weighted by molar-refractivity contribution is 5.91. The maximum absolute atomic E-state index is 14.7. The number of halogens is 2. The van der Waals surface area contributed by atoms with Crippen molar-refractivity contribution in [2.75, 3.05) is 19.6 Å². The number of aromatic hydroxyl groups is 1. The number of nitrogens with one attached hydrogen (secondary N) is 1. The Hall–Kier alpha value is -4.51. The monoisotopic (exact) mass is 593 g/mol. The predicted molar refractivity (Wildman–Crippen MR) is 157 cm³/mol. The summed E-state index contributed by atoms with van der Waals surface area (Å²) < 4.78 is 28.3. The van der Waals surface area contributed by atoms with E-state index in [1.165, 1.54) is 33.0 Å². The quantitative estimate of drug-likeness (QED) is 0.407. The zero-order valence-electron chi connectivity index (χ0n) is 23.2. The van der Waals surface area contributed by atoms with E-state index in [1.54, 1.807) is 17.1 Å². The van der Waals surface area contributed by atoms with Crippen molar-refractivity contribution in [1.82, 2.24) is 25.1 Å². The van der Waals surface area contributed by atoms with Gasteiger partial charge in [0.2, 0.25) is 11.8 Å². The van der Waals surface area contributed by atoms with Gasteiger partial charge in [-0.3, -0.25) is 9.59 Å². The fourth-order valence-electron chi connectivity index (χ4n) is 5.55. The van der Waals surface area contributed by atoms with Crippen LogP contribution < -0.4 is 5.32 Å². The molecule has 0 unspecified atom stereocenters. The highest BCUT2D eigenvalue weighted by Gasteiger charge is 2.51. The Labute approximate surface area is 250 Å². The van der Waals surface area contributed by atoms with Gasteiger partial charge >= 0.3 is 6.03 Å². The second-order valence-corrected chi connectivity index (χ2v) is 10.5. The largest absolute Gasteiger partial charge is 0.508 e. The van der Waals surface area contributed by atoms with Crippen LogP contribution in [0.5, 0.6) is 5.75 Å². The molecule has 0 saturated carbocycles. The number of rotatable bonds is 8. The zero-order chi connectivity index (χ0) is 29.8. The number of piperazine rings is 1. The molecule has 43 heavy (non-hydrogen) atoms. The molecular weight excluding hydrogens is 556 g/mol. The molecule has 0 radical (unpaired) electrons. The lowest BCUT2D eigenvalue weighted by Gasteiger charge is -2.55. The molecule has 0 aliphatic carbocycles. The molecule has 9 nitrogen and oxygen atoms in total. The van der Waals surface area contributed by atoms with Crippen LogP contribution in [0.3, 0.4) is 0 Å². The average molecular weight is 594 g/mol. The minimum atomic E-state index is -0.988. The molecule has 2 N–H and O–H groups in total. The molecule has 2 saturated heterocycles. The van der Waals surface area contributed by atoms with Crippen molar-refractivity contribution >= 4 is 17.8 Å². The number of amides is 4. The summed E-state index contributed by atoms with van der Waals surface area (Å²) >= 11 is 0. The molecule has 2 aliphatic heterocycles. The number of benzene rings is 3. The third-order valence-corrected chi connectivity index (χ3v) is 7.55. The minimum absolute atomic E-state index is 0. The van der Waals surface area contributed by atoms with E-state index in [1.807, 2.05) is 37.3 Å². The van der Waals surface area contributed by atoms with Crippen LogP contribution in [0.4, 0.5) is 13.6 Å². The first-order valence-corrected chi connectivity index (χ1v) is 13.9. The summed E-state index contributed by atoms with van der Waals surface area (Å²) in [7, 11) is 0.